The van der Waals surface area contributed by atoms with Gasteiger partial charge in [0.2, 0.25) is 0 Å². The Kier molecular flexibility index (Phi) is 4.32. The van der Waals surface area contributed by atoms with Gasteiger partial charge in [0.05, 0.1) is 16.6 Å². The maximum atomic E-state index is 13.3. The van der Waals surface area contributed by atoms with Gasteiger partial charge in [-0.2, -0.15) is 0 Å². The zero-order valence-corrected chi connectivity index (χ0v) is 16.8. The lowest BCUT2D eigenvalue weighted by atomic mass is 10.1. The molecule has 4 aromatic rings. The molecule has 3 aromatic carbocycles. The first kappa shape index (κ1) is 17.9. The van der Waals surface area contributed by atoms with Crippen molar-refractivity contribution in [3.63, 3.8) is 0 Å². The van der Waals surface area contributed by atoms with Crippen LogP contribution < -0.4 is 10.5 Å². The highest BCUT2D eigenvalue weighted by molar-refractivity contribution is 5.96. The van der Waals surface area contributed by atoms with Crippen LogP contribution in [0, 0.1) is 6.92 Å². The Morgan fingerprint density at radius 3 is 2.14 bits per heavy atom. The van der Waals surface area contributed by atoms with Crippen molar-refractivity contribution in [2.75, 3.05) is 38.1 Å². The third-order valence-corrected chi connectivity index (χ3v) is 5.88. The highest BCUT2D eigenvalue weighted by atomic mass is 16.1. The first-order chi connectivity index (χ1) is 14.1. The average Bonchev–Trinajstić information content (AvgIpc) is 2.74. The predicted octanol–water partition coefficient (Wildman–Crippen LogP) is 3.60. The summed E-state index contributed by atoms with van der Waals surface area (Å²) in [6, 6.07) is 20.3. The van der Waals surface area contributed by atoms with Gasteiger partial charge in [-0.3, -0.25) is 9.36 Å². The van der Waals surface area contributed by atoms with E-state index in [4.69, 9.17) is 4.98 Å². The summed E-state index contributed by atoms with van der Waals surface area (Å²) in [6.07, 6.45) is 0. The number of hydrogen-bond donors (Lipinski definition) is 0. The van der Waals surface area contributed by atoms with Crippen LogP contribution >= 0.6 is 0 Å². The van der Waals surface area contributed by atoms with Gasteiger partial charge in [-0.15, -0.1) is 0 Å². The molecule has 1 aromatic heterocycles. The smallest absolute Gasteiger partial charge is 0.265 e. The molecule has 0 N–H and O–H groups in total. The van der Waals surface area contributed by atoms with Crippen molar-refractivity contribution in [1.29, 1.82) is 0 Å². The quantitative estimate of drug-likeness (QED) is 0.495. The summed E-state index contributed by atoms with van der Waals surface area (Å²) in [7, 11) is 2.16. The van der Waals surface area contributed by atoms with Crippen molar-refractivity contribution >= 4 is 27.4 Å². The molecule has 5 nitrogen and oxygen atoms in total. The molecule has 2 heterocycles. The molecule has 1 fully saturated rings. The van der Waals surface area contributed by atoms with Crippen LogP contribution in [0.15, 0.2) is 65.5 Å². The van der Waals surface area contributed by atoms with Gasteiger partial charge >= 0.3 is 0 Å². The minimum atomic E-state index is -0.0226. The van der Waals surface area contributed by atoms with Crippen LogP contribution in [0.1, 0.15) is 5.82 Å². The molecule has 0 amide bonds. The normalized spacial score (nSPS) is 15.3. The van der Waals surface area contributed by atoms with E-state index < -0.39 is 0 Å². The van der Waals surface area contributed by atoms with Crippen molar-refractivity contribution < 1.29 is 0 Å². The predicted molar refractivity (Wildman–Crippen MR) is 119 cm³/mol. The summed E-state index contributed by atoms with van der Waals surface area (Å²) in [5.74, 6) is 0.699. The molecule has 0 aliphatic carbocycles. The van der Waals surface area contributed by atoms with E-state index in [0.717, 1.165) is 48.2 Å². The second-order valence-corrected chi connectivity index (χ2v) is 7.82. The van der Waals surface area contributed by atoms with Crippen molar-refractivity contribution in [3.05, 3.63) is 76.8 Å². The molecule has 0 bridgehead atoms. The average molecular weight is 384 g/mol. The molecule has 1 aliphatic heterocycles. The van der Waals surface area contributed by atoms with E-state index in [1.165, 1.54) is 5.69 Å². The Bertz CT molecular complexity index is 1250. The second kappa shape index (κ2) is 7.01. The molecule has 1 saturated heterocycles. The molecule has 0 spiro atoms. The molecule has 146 valence electrons. The highest BCUT2D eigenvalue weighted by Crippen LogP contribution is 2.22. The number of hydrogen-bond acceptors (Lipinski definition) is 4. The highest BCUT2D eigenvalue weighted by Gasteiger charge is 2.15. The van der Waals surface area contributed by atoms with Crippen LogP contribution in [0.25, 0.3) is 27.4 Å². The number of aromatic nitrogens is 2. The number of rotatable bonds is 2. The molecule has 0 saturated carbocycles. The molecule has 0 unspecified atom stereocenters. The summed E-state index contributed by atoms with van der Waals surface area (Å²) in [4.78, 5) is 22.8. The Hall–Kier alpha value is -3.18. The Morgan fingerprint density at radius 1 is 0.828 bits per heavy atom. The molecule has 0 radical (unpaired) electrons. The third-order valence-electron chi connectivity index (χ3n) is 5.88. The number of piperazine rings is 1. The van der Waals surface area contributed by atoms with Crippen molar-refractivity contribution in [3.8, 4) is 5.69 Å². The number of aryl methyl sites for hydroxylation is 1. The zero-order valence-electron chi connectivity index (χ0n) is 16.8. The van der Waals surface area contributed by atoms with E-state index in [-0.39, 0.29) is 5.56 Å². The van der Waals surface area contributed by atoms with Crippen LogP contribution in [-0.4, -0.2) is 47.7 Å². The largest absolute Gasteiger partial charge is 0.369 e. The number of benzene rings is 3. The first-order valence-corrected chi connectivity index (χ1v) is 10.1. The fourth-order valence-corrected chi connectivity index (χ4v) is 4.17. The van der Waals surface area contributed by atoms with Gasteiger partial charge in [-0.25, -0.2) is 4.98 Å². The van der Waals surface area contributed by atoms with Crippen LogP contribution in [0.2, 0.25) is 0 Å². The summed E-state index contributed by atoms with van der Waals surface area (Å²) in [5, 5.41) is 2.80. The van der Waals surface area contributed by atoms with Gasteiger partial charge in [0, 0.05) is 31.9 Å². The first-order valence-electron chi connectivity index (χ1n) is 10.1. The fourth-order valence-electron chi connectivity index (χ4n) is 4.17. The zero-order chi connectivity index (χ0) is 20.0. The molecule has 1 aliphatic rings. The maximum Gasteiger partial charge on any atom is 0.265 e. The second-order valence-electron chi connectivity index (χ2n) is 7.82. The van der Waals surface area contributed by atoms with E-state index in [9.17, 15) is 4.79 Å². The van der Waals surface area contributed by atoms with Crippen LogP contribution in [0.4, 0.5) is 5.69 Å². The number of fused-ring (bicyclic) bond motifs is 2. The lowest BCUT2D eigenvalue weighted by Gasteiger charge is -2.34. The molecule has 5 heteroatoms. The monoisotopic (exact) mass is 384 g/mol. The molecule has 0 atom stereocenters. The Balaban J connectivity index is 1.57. The topological polar surface area (TPSA) is 41.4 Å². The van der Waals surface area contributed by atoms with Crippen LogP contribution in [0.5, 0.6) is 0 Å². The van der Waals surface area contributed by atoms with E-state index in [1.54, 1.807) is 4.57 Å². The van der Waals surface area contributed by atoms with Crippen LogP contribution in [-0.2, 0) is 0 Å². The van der Waals surface area contributed by atoms with Gasteiger partial charge in [-0.1, -0.05) is 24.3 Å². The number of likely N-dealkylation sites (N-methyl/N-ethyl adjacent to an activating group) is 1. The summed E-state index contributed by atoms with van der Waals surface area (Å²) in [5.41, 5.74) is 2.78. The Labute approximate surface area is 169 Å². The van der Waals surface area contributed by atoms with Crippen LogP contribution in [0.3, 0.4) is 0 Å². The van der Waals surface area contributed by atoms with Crippen molar-refractivity contribution in [1.82, 2.24) is 14.5 Å². The van der Waals surface area contributed by atoms with E-state index in [1.807, 2.05) is 55.5 Å². The summed E-state index contributed by atoms with van der Waals surface area (Å²) < 4.78 is 1.71. The number of nitrogens with zero attached hydrogens (tertiary/aromatic N) is 4. The van der Waals surface area contributed by atoms with E-state index >= 15 is 0 Å². The minimum Gasteiger partial charge on any atom is -0.369 e. The minimum absolute atomic E-state index is 0.0226. The fraction of sp³-hybridized carbons (Fsp3) is 0.250. The van der Waals surface area contributed by atoms with E-state index in [2.05, 4.69) is 29.0 Å². The van der Waals surface area contributed by atoms with Crippen molar-refractivity contribution in [2.45, 2.75) is 6.92 Å². The standard InChI is InChI=1S/C24H24N4O/c1-17-25-23-16-19-6-4-3-5-18(19)15-22(23)24(29)28(17)21-9-7-20(8-10-21)27-13-11-26(2)12-14-27/h3-10,15-16H,11-14H2,1-2H3. The maximum absolute atomic E-state index is 13.3. The van der Waals surface area contributed by atoms with Gasteiger partial charge in [0.15, 0.2) is 0 Å². The summed E-state index contributed by atoms with van der Waals surface area (Å²) in [6.45, 7) is 6.09. The number of anilines is 1. The van der Waals surface area contributed by atoms with Crippen molar-refractivity contribution in [2.24, 2.45) is 0 Å². The van der Waals surface area contributed by atoms with Gasteiger partial charge in [0.25, 0.3) is 5.56 Å². The van der Waals surface area contributed by atoms with Gasteiger partial charge in [0.1, 0.15) is 5.82 Å². The molecular weight excluding hydrogens is 360 g/mol. The lowest BCUT2D eigenvalue weighted by Crippen LogP contribution is -2.44. The SMILES string of the molecule is Cc1nc2cc3ccccc3cc2c(=O)n1-c1ccc(N2CCN(C)CC2)cc1. The van der Waals surface area contributed by atoms with E-state index in [0.29, 0.717) is 11.2 Å². The third kappa shape index (κ3) is 3.17. The molecule has 5 rings (SSSR count). The summed E-state index contributed by atoms with van der Waals surface area (Å²) >= 11 is 0. The lowest BCUT2D eigenvalue weighted by molar-refractivity contribution is 0.313. The van der Waals surface area contributed by atoms with Gasteiger partial charge in [-0.05, 0) is 61.1 Å². The molecule has 29 heavy (non-hydrogen) atoms. The molecular formula is C24H24N4O. The van der Waals surface area contributed by atoms with Gasteiger partial charge < -0.3 is 9.80 Å². The Morgan fingerprint density at radius 2 is 1.45 bits per heavy atom.